The highest BCUT2D eigenvalue weighted by Gasteiger charge is 2.20. The van der Waals surface area contributed by atoms with Crippen LogP contribution in [0.5, 0.6) is 0 Å². The molecule has 0 fully saturated rings. The van der Waals surface area contributed by atoms with Crippen molar-refractivity contribution in [1.82, 2.24) is 34.5 Å². The molecule has 0 unspecified atom stereocenters. The van der Waals surface area contributed by atoms with Crippen LogP contribution >= 0.6 is 0 Å². The van der Waals surface area contributed by atoms with E-state index in [1.165, 1.54) is 0 Å². The summed E-state index contributed by atoms with van der Waals surface area (Å²) >= 11 is 0. The third-order valence-corrected chi connectivity index (χ3v) is 9.53. The lowest BCUT2D eigenvalue weighted by atomic mass is 10.1. The van der Waals surface area contributed by atoms with Gasteiger partial charge in [-0.25, -0.2) is 34.3 Å². The molecule has 7 nitrogen and oxygen atoms in total. The van der Waals surface area contributed by atoms with Gasteiger partial charge in [-0.05, 0) is 54.5 Å². The molecule has 0 radical (unpaired) electrons. The SMILES string of the molecule is [2H]c1c([2H])c(-c2nc(-c3ccccc3)nc(-c3ccc4c(c3)c3ccccc3n4-c3ccccc3)n2)c([2H])c(-c2nc(-c3ccccc3)nc(-c3ccccc3)n2)c1F. The van der Waals surface area contributed by atoms with Crippen LogP contribution in [-0.2, 0) is 0 Å². The third-order valence-electron chi connectivity index (χ3n) is 9.53. The van der Waals surface area contributed by atoms with Crippen molar-refractivity contribution in [2.45, 2.75) is 0 Å². The molecular weight excluding hydrogens is 694 g/mol. The number of aromatic nitrogens is 7. The summed E-state index contributed by atoms with van der Waals surface area (Å²) in [6, 6.07) is 50.3. The monoisotopic (exact) mass is 726 g/mol. The predicted octanol–water partition coefficient (Wildman–Crippen LogP) is 11.3. The fraction of sp³-hybridized carbons (Fsp3) is 0. The largest absolute Gasteiger partial charge is 0.309 e. The summed E-state index contributed by atoms with van der Waals surface area (Å²) in [5, 5.41) is 2.01. The van der Waals surface area contributed by atoms with Gasteiger partial charge in [0.05, 0.1) is 20.7 Å². The zero-order chi connectivity index (χ0) is 40.0. The number of para-hydroxylation sites is 2. The molecule has 264 valence electrons. The van der Waals surface area contributed by atoms with Crippen molar-refractivity contribution in [2.24, 2.45) is 0 Å². The quantitative estimate of drug-likeness (QED) is 0.163. The lowest BCUT2D eigenvalue weighted by molar-refractivity contribution is 0.630. The van der Waals surface area contributed by atoms with E-state index in [0.717, 1.165) is 27.5 Å². The summed E-state index contributed by atoms with van der Waals surface area (Å²) in [5.74, 6) is -0.249. The molecule has 0 bridgehead atoms. The van der Waals surface area contributed by atoms with Crippen LogP contribution in [0.2, 0.25) is 0 Å². The Kier molecular flexibility index (Phi) is 7.39. The van der Waals surface area contributed by atoms with E-state index in [4.69, 9.17) is 22.7 Å². The molecule has 0 aliphatic rings. The number of rotatable bonds is 7. The van der Waals surface area contributed by atoms with Gasteiger partial charge in [-0.1, -0.05) is 127 Å². The lowest BCUT2D eigenvalue weighted by Gasteiger charge is -2.11. The molecule has 0 aliphatic carbocycles. The summed E-state index contributed by atoms with van der Waals surface area (Å²) in [4.78, 5) is 28.6. The Hall–Kier alpha value is -7.71. The fourth-order valence-electron chi connectivity index (χ4n) is 6.88. The zero-order valence-electron chi connectivity index (χ0n) is 32.6. The summed E-state index contributed by atoms with van der Waals surface area (Å²) in [6.45, 7) is 0. The first-order chi connectivity index (χ1) is 28.9. The zero-order valence-corrected chi connectivity index (χ0v) is 29.6. The molecule has 8 heteroatoms. The second kappa shape index (κ2) is 13.9. The highest BCUT2D eigenvalue weighted by atomic mass is 19.1. The summed E-state index contributed by atoms with van der Waals surface area (Å²) in [5.41, 5.74) is 5.17. The van der Waals surface area contributed by atoms with Crippen molar-refractivity contribution in [3.05, 3.63) is 188 Å². The Morgan fingerprint density at radius 2 is 0.839 bits per heavy atom. The van der Waals surface area contributed by atoms with E-state index in [9.17, 15) is 1.37 Å². The van der Waals surface area contributed by atoms with Gasteiger partial charge in [0.2, 0.25) is 0 Å². The van der Waals surface area contributed by atoms with Crippen LogP contribution in [0, 0.1) is 5.82 Å². The van der Waals surface area contributed by atoms with Crippen LogP contribution in [0.15, 0.2) is 182 Å². The smallest absolute Gasteiger partial charge is 0.167 e. The molecule has 0 saturated heterocycles. The summed E-state index contributed by atoms with van der Waals surface area (Å²) < 4.78 is 46.1. The predicted molar refractivity (Wildman–Crippen MR) is 220 cm³/mol. The van der Waals surface area contributed by atoms with Crippen LogP contribution in [0.1, 0.15) is 4.11 Å². The first-order valence-corrected chi connectivity index (χ1v) is 18.0. The molecule has 0 saturated carbocycles. The molecule has 3 aromatic heterocycles. The second-order valence-corrected chi connectivity index (χ2v) is 13.1. The molecule has 0 spiro atoms. The summed E-state index contributed by atoms with van der Waals surface area (Å²) in [7, 11) is 0. The average molecular weight is 727 g/mol. The van der Waals surface area contributed by atoms with Crippen LogP contribution in [0.3, 0.4) is 0 Å². The topological polar surface area (TPSA) is 82.3 Å². The van der Waals surface area contributed by atoms with Crippen molar-refractivity contribution < 1.29 is 8.50 Å². The van der Waals surface area contributed by atoms with Crippen molar-refractivity contribution in [3.8, 4) is 74.0 Å². The molecule has 0 atom stereocenters. The molecule has 0 aliphatic heterocycles. The van der Waals surface area contributed by atoms with E-state index in [0.29, 0.717) is 22.3 Å². The van der Waals surface area contributed by atoms with Crippen LogP contribution in [0.4, 0.5) is 4.39 Å². The van der Waals surface area contributed by atoms with E-state index in [-0.39, 0.29) is 46.1 Å². The van der Waals surface area contributed by atoms with Gasteiger partial charge in [-0.2, -0.15) is 0 Å². The van der Waals surface area contributed by atoms with Crippen LogP contribution in [-0.4, -0.2) is 34.5 Å². The molecule has 0 amide bonds. The number of fused-ring (bicyclic) bond motifs is 3. The molecule has 10 rings (SSSR count). The number of nitrogens with zero attached hydrogens (tertiary/aromatic N) is 7. The van der Waals surface area contributed by atoms with Crippen LogP contribution in [0.25, 0.3) is 95.8 Å². The van der Waals surface area contributed by atoms with E-state index < -0.39 is 23.9 Å². The Morgan fingerprint density at radius 3 is 1.41 bits per heavy atom. The van der Waals surface area contributed by atoms with E-state index in [1.807, 2.05) is 140 Å². The fourth-order valence-corrected chi connectivity index (χ4v) is 6.88. The number of hydrogen-bond donors (Lipinski definition) is 0. The van der Waals surface area contributed by atoms with E-state index >= 15 is 4.39 Å². The first kappa shape index (κ1) is 29.7. The maximum atomic E-state index is 16.5. The van der Waals surface area contributed by atoms with Gasteiger partial charge >= 0.3 is 0 Å². The molecule has 56 heavy (non-hydrogen) atoms. The van der Waals surface area contributed by atoms with E-state index in [2.05, 4.69) is 38.8 Å². The Labute approximate surface area is 325 Å². The molecule has 3 heterocycles. The van der Waals surface area contributed by atoms with Gasteiger partial charge in [0.15, 0.2) is 34.9 Å². The van der Waals surface area contributed by atoms with Crippen molar-refractivity contribution in [1.29, 1.82) is 0 Å². The number of halogens is 1. The average Bonchev–Trinajstić information content (AvgIpc) is 3.63. The minimum Gasteiger partial charge on any atom is -0.309 e. The maximum Gasteiger partial charge on any atom is 0.167 e. The van der Waals surface area contributed by atoms with Gasteiger partial charge < -0.3 is 4.57 Å². The van der Waals surface area contributed by atoms with Crippen molar-refractivity contribution >= 4 is 21.8 Å². The molecular formula is C48H30FN7. The molecule has 0 N–H and O–H groups in total. The van der Waals surface area contributed by atoms with Gasteiger partial charge in [0.1, 0.15) is 5.82 Å². The standard InChI is InChI=1S/C48H30FN7/c49-40-27-25-34(30-39(40)48-54-44(32-17-7-2-8-18-32)50-45(55-48)33-19-9-3-10-20-33)46-51-43(31-15-5-1-6-16-31)52-47(53-46)35-26-28-42-38(29-35)37-23-13-14-24-41(37)56(42)36-21-11-4-12-22-36/h1-30H/i25D,27D,30D. The molecule has 10 aromatic rings. The normalized spacial score (nSPS) is 12.1. The Balaban J connectivity index is 1.20. The maximum absolute atomic E-state index is 16.5. The van der Waals surface area contributed by atoms with E-state index in [1.54, 1.807) is 0 Å². The number of benzene rings is 7. The summed E-state index contributed by atoms with van der Waals surface area (Å²) in [6.07, 6.45) is 0. The second-order valence-electron chi connectivity index (χ2n) is 13.1. The highest BCUT2D eigenvalue weighted by Crippen LogP contribution is 2.36. The highest BCUT2D eigenvalue weighted by molar-refractivity contribution is 6.10. The van der Waals surface area contributed by atoms with Gasteiger partial charge in [-0.3, -0.25) is 0 Å². The lowest BCUT2D eigenvalue weighted by Crippen LogP contribution is -2.03. The Bertz CT molecular complexity index is 3140. The first-order valence-electron chi connectivity index (χ1n) is 19.5. The molecule has 7 aromatic carbocycles. The third kappa shape index (κ3) is 6.05. The Morgan fingerprint density at radius 1 is 0.393 bits per heavy atom. The minimum atomic E-state index is -1.11. The van der Waals surface area contributed by atoms with Crippen molar-refractivity contribution in [3.63, 3.8) is 0 Å². The van der Waals surface area contributed by atoms with Crippen LogP contribution < -0.4 is 0 Å². The minimum absolute atomic E-state index is 0.0639. The van der Waals surface area contributed by atoms with Gasteiger partial charge in [0, 0.05) is 44.3 Å². The number of hydrogen-bond acceptors (Lipinski definition) is 6. The van der Waals surface area contributed by atoms with Gasteiger partial charge in [0.25, 0.3) is 0 Å². The van der Waals surface area contributed by atoms with Crippen molar-refractivity contribution in [2.75, 3.05) is 0 Å². The van der Waals surface area contributed by atoms with Gasteiger partial charge in [-0.15, -0.1) is 0 Å².